The fraction of sp³-hybridized carbons (Fsp3) is 0.556. The molecule has 0 bridgehead atoms. The zero-order valence-corrected chi connectivity index (χ0v) is 22.7. The lowest BCUT2D eigenvalue weighted by Gasteiger charge is -2.35. The van der Waals surface area contributed by atoms with Crippen LogP contribution in [0.1, 0.15) is 78.6 Å². The van der Waals surface area contributed by atoms with Crippen LogP contribution in [0.5, 0.6) is 0 Å². The molecular formula is C27H38F2N6O3. The van der Waals surface area contributed by atoms with Crippen molar-refractivity contribution in [3.63, 3.8) is 0 Å². The van der Waals surface area contributed by atoms with Gasteiger partial charge in [-0.15, -0.1) is 0 Å². The number of hydrogen-bond acceptors (Lipinski definition) is 4. The van der Waals surface area contributed by atoms with Crippen molar-refractivity contribution in [3.05, 3.63) is 41.9 Å². The molecule has 4 amide bonds. The van der Waals surface area contributed by atoms with E-state index in [1.54, 1.807) is 11.8 Å². The van der Waals surface area contributed by atoms with E-state index in [-0.39, 0.29) is 41.8 Å². The third-order valence-corrected chi connectivity index (χ3v) is 6.59. The molecule has 0 saturated carbocycles. The number of urea groups is 1. The van der Waals surface area contributed by atoms with Crippen LogP contribution in [0, 0.1) is 17.0 Å². The van der Waals surface area contributed by atoms with Crippen molar-refractivity contribution >= 4 is 17.8 Å². The number of carbonyl (C=O) groups is 3. The van der Waals surface area contributed by atoms with Gasteiger partial charge in [0.2, 0.25) is 11.8 Å². The van der Waals surface area contributed by atoms with Crippen LogP contribution in [0.15, 0.2) is 24.4 Å². The van der Waals surface area contributed by atoms with Crippen LogP contribution in [0.4, 0.5) is 13.6 Å². The maximum absolute atomic E-state index is 14.2. The van der Waals surface area contributed by atoms with E-state index >= 15 is 0 Å². The molecule has 9 nitrogen and oxygen atoms in total. The van der Waals surface area contributed by atoms with Crippen molar-refractivity contribution in [2.45, 2.75) is 78.8 Å². The van der Waals surface area contributed by atoms with Gasteiger partial charge in [-0.25, -0.2) is 23.6 Å². The van der Waals surface area contributed by atoms with E-state index in [4.69, 9.17) is 0 Å². The summed E-state index contributed by atoms with van der Waals surface area (Å²) < 4.78 is 27.5. The van der Waals surface area contributed by atoms with Gasteiger partial charge in [-0.2, -0.15) is 0 Å². The van der Waals surface area contributed by atoms with Gasteiger partial charge in [-0.05, 0) is 57.1 Å². The molecule has 3 rings (SSSR count). The SMILES string of the molecule is CC(NC(=O)N(CC(=O)N1CCCC[C@@H]1C)NC(=O)CCC(C)(C)C)c1ncc(-c2ccc(F)cc2F)[nH]1. The average molecular weight is 533 g/mol. The lowest BCUT2D eigenvalue weighted by atomic mass is 9.90. The number of hydrogen-bond donors (Lipinski definition) is 3. The second-order valence-electron chi connectivity index (χ2n) is 11.1. The lowest BCUT2D eigenvalue weighted by molar-refractivity contribution is -0.136. The molecule has 1 unspecified atom stereocenters. The number of H-pyrrole nitrogens is 1. The number of aromatic amines is 1. The van der Waals surface area contributed by atoms with Crippen LogP contribution < -0.4 is 10.7 Å². The van der Waals surface area contributed by atoms with E-state index in [2.05, 4.69) is 20.7 Å². The molecule has 0 spiro atoms. The Labute approximate surface area is 222 Å². The first-order chi connectivity index (χ1) is 17.8. The molecular weight excluding hydrogens is 494 g/mol. The van der Waals surface area contributed by atoms with Gasteiger partial charge in [0.05, 0.1) is 17.9 Å². The van der Waals surface area contributed by atoms with Crippen molar-refractivity contribution in [1.82, 2.24) is 30.6 Å². The van der Waals surface area contributed by atoms with Crippen molar-refractivity contribution in [1.29, 1.82) is 0 Å². The molecule has 3 N–H and O–H groups in total. The predicted octanol–water partition coefficient (Wildman–Crippen LogP) is 4.69. The highest BCUT2D eigenvalue weighted by Gasteiger charge is 2.28. The standard InChI is InChI=1S/C27H38F2N6O3/c1-17-8-6-7-13-34(17)24(37)16-35(33-23(36)11-12-27(3,4)5)26(38)31-18(2)25-30-15-22(32-25)20-10-9-19(28)14-21(20)29/h9-10,14-15,17-18H,6-8,11-13,16H2,1-5H3,(H,30,32)(H,31,38)(H,33,36)/t17-,18?/m0/s1. The molecule has 1 aliphatic heterocycles. The molecule has 1 aromatic carbocycles. The van der Waals surface area contributed by atoms with Crippen LogP contribution in [-0.2, 0) is 9.59 Å². The topological polar surface area (TPSA) is 110 Å². The molecule has 0 radical (unpaired) electrons. The number of benzene rings is 1. The summed E-state index contributed by atoms with van der Waals surface area (Å²) in [6.45, 7) is 9.99. The van der Waals surface area contributed by atoms with E-state index < -0.39 is 23.7 Å². The van der Waals surface area contributed by atoms with Gasteiger partial charge in [0.15, 0.2) is 0 Å². The quantitative estimate of drug-likeness (QED) is 0.450. The number of rotatable bonds is 7. The normalized spacial score (nSPS) is 16.6. The van der Waals surface area contributed by atoms with E-state index in [0.717, 1.165) is 36.4 Å². The van der Waals surface area contributed by atoms with Gasteiger partial charge in [0, 0.05) is 30.6 Å². The van der Waals surface area contributed by atoms with Crippen molar-refractivity contribution in [2.75, 3.05) is 13.1 Å². The van der Waals surface area contributed by atoms with Crippen LogP contribution in [0.2, 0.25) is 0 Å². The Morgan fingerprint density at radius 3 is 2.63 bits per heavy atom. The third kappa shape index (κ3) is 8.00. The average Bonchev–Trinajstić information content (AvgIpc) is 3.32. The predicted molar refractivity (Wildman–Crippen MR) is 139 cm³/mol. The zero-order valence-electron chi connectivity index (χ0n) is 22.7. The number of carbonyl (C=O) groups excluding carboxylic acids is 3. The Bertz CT molecular complexity index is 1150. The smallest absolute Gasteiger partial charge is 0.337 e. The fourth-order valence-corrected chi connectivity index (χ4v) is 4.28. The minimum atomic E-state index is -0.744. The van der Waals surface area contributed by atoms with Crippen LogP contribution in [0.3, 0.4) is 0 Å². The van der Waals surface area contributed by atoms with Gasteiger partial charge >= 0.3 is 6.03 Å². The Hall–Kier alpha value is -3.50. The number of likely N-dealkylation sites (tertiary alicyclic amines) is 1. The number of halogens is 2. The number of imidazole rings is 1. The van der Waals surface area contributed by atoms with Gasteiger partial charge in [-0.3, -0.25) is 15.0 Å². The molecule has 38 heavy (non-hydrogen) atoms. The molecule has 2 aromatic rings. The van der Waals surface area contributed by atoms with Gasteiger partial charge in [0.25, 0.3) is 0 Å². The summed E-state index contributed by atoms with van der Waals surface area (Å²) in [4.78, 5) is 47.8. The number of nitrogens with zero attached hydrogens (tertiary/aromatic N) is 3. The Morgan fingerprint density at radius 2 is 1.97 bits per heavy atom. The molecule has 208 valence electrons. The second-order valence-corrected chi connectivity index (χ2v) is 11.1. The number of piperidine rings is 1. The minimum Gasteiger partial charge on any atom is -0.340 e. The van der Waals surface area contributed by atoms with Crippen LogP contribution >= 0.6 is 0 Å². The molecule has 1 saturated heterocycles. The van der Waals surface area contributed by atoms with E-state index in [9.17, 15) is 23.2 Å². The molecule has 1 fully saturated rings. The monoisotopic (exact) mass is 532 g/mol. The first-order valence-corrected chi connectivity index (χ1v) is 13.0. The number of aromatic nitrogens is 2. The summed E-state index contributed by atoms with van der Waals surface area (Å²) in [7, 11) is 0. The summed E-state index contributed by atoms with van der Waals surface area (Å²) in [6.07, 6.45) is 5.03. The molecule has 1 aromatic heterocycles. The van der Waals surface area contributed by atoms with E-state index in [0.29, 0.717) is 24.5 Å². The maximum atomic E-state index is 14.2. The van der Waals surface area contributed by atoms with Gasteiger partial charge in [-0.1, -0.05) is 20.8 Å². The molecule has 11 heteroatoms. The molecule has 2 atom stereocenters. The highest BCUT2D eigenvalue weighted by molar-refractivity contribution is 5.87. The Kier molecular flexibility index (Phi) is 9.45. The van der Waals surface area contributed by atoms with Crippen LogP contribution in [-0.4, -0.2) is 56.9 Å². The number of hydrazine groups is 1. The zero-order chi connectivity index (χ0) is 28.0. The first kappa shape index (κ1) is 29.1. The van der Waals surface area contributed by atoms with E-state index in [1.807, 2.05) is 27.7 Å². The fourth-order valence-electron chi connectivity index (χ4n) is 4.28. The van der Waals surface area contributed by atoms with Crippen molar-refractivity contribution < 1.29 is 23.2 Å². The lowest BCUT2D eigenvalue weighted by Crippen LogP contribution is -2.56. The van der Waals surface area contributed by atoms with E-state index in [1.165, 1.54) is 12.3 Å². The van der Waals surface area contributed by atoms with Crippen molar-refractivity contribution in [3.8, 4) is 11.3 Å². The highest BCUT2D eigenvalue weighted by Crippen LogP contribution is 2.24. The summed E-state index contributed by atoms with van der Waals surface area (Å²) in [6, 6.07) is 1.94. The summed E-state index contributed by atoms with van der Waals surface area (Å²) >= 11 is 0. The second kappa shape index (κ2) is 12.4. The van der Waals surface area contributed by atoms with Gasteiger partial charge < -0.3 is 15.2 Å². The molecule has 0 aliphatic carbocycles. The molecule has 1 aliphatic rings. The summed E-state index contributed by atoms with van der Waals surface area (Å²) in [5.74, 6) is -1.72. The van der Waals surface area contributed by atoms with Crippen LogP contribution in [0.25, 0.3) is 11.3 Å². The minimum absolute atomic E-state index is 0.0603. The largest absolute Gasteiger partial charge is 0.340 e. The third-order valence-electron chi connectivity index (χ3n) is 6.59. The summed E-state index contributed by atoms with van der Waals surface area (Å²) in [5, 5.41) is 3.74. The van der Waals surface area contributed by atoms with Crippen molar-refractivity contribution in [2.24, 2.45) is 5.41 Å². The first-order valence-electron chi connectivity index (χ1n) is 13.0. The Morgan fingerprint density at radius 1 is 1.24 bits per heavy atom. The maximum Gasteiger partial charge on any atom is 0.337 e. The number of amides is 4. The number of nitrogens with one attached hydrogen (secondary N) is 3. The van der Waals surface area contributed by atoms with Gasteiger partial charge in [0.1, 0.15) is 24.0 Å². The summed E-state index contributed by atoms with van der Waals surface area (Å²) in [5.41, 5.74) is 2.98. The Balaban J connectivity index is 1.71. The molecule has 2 heterocycles. The highest BCUT2D eigenvalue weighted by atomic mass is 19.1.